The molecule has 0 saturated carbocycles. The number of alkyl halides is 5. The number of hydrogen-bond acceptors (Lipinski definition) is 1. The number of rotatable bonds is 1. The van der Waals surface area contributed by atoms with Crippen LogP contribution in [0.15, 0.2) is 6.07 Å². The molecule has 0 saturated heterocycles. The maximum Gasteiger partial charge on any atom is 0.434 e. The topological polar surface area (TPSA) is 12.9 Å². The molecule has 1 aromatic heterocycles. The Morgan fingerprint density at radius 3 is 2.07 bits per heavy atom. The maximum absolute atomic E-state index is 12.2. The fourth-order valence-corrected chi connectivity index (χ4v) is 1.38. The van der Waals surface area contributed by atoms with Gasteiger partial charge in [0.15, 0.2) is 5.69 Å². The van der Waals surface area contributed by atoms with Crippen molar-refractivity contribution in [3.8, 4) is 0 Å². The molecule has 1 aromatic rings. The molecule has 0 fully saturated rings. The average molecular weight is 266 g/mol. The van der Waals surface area contributed by atoms with Crippen LogP contribution in [0.3, 0.4) is 0 Å². The first kappa shape index (κ1) is 12.4. The molecule has 0 aromatic carbocycles. The van der Waals surface area contributed by atoms with Crippen LogP contribution in [0.4, 0.5) is 22.0 Å². The lowest BCUT2D eigenvalue weighted by Gasteiger charge is -2.10. The summed E-state index contributed by atoms with van der Waals surface area (Å²) in [7, 11) is 0. The molecule has 0 N–H and O–H groups in total. The summed E-state index contributed by atoms with van der Waals surface area (Å²) in [5.74, 6) is 0. The lowest BCUT2D eigenvalue weighted by atomic mass is 10.3. The molecule has 0 aliphatic carbocycles. The van der Waals surface area contributed by atoms with E-state index < -0.39 is 34.0 Å². The molecule has 0 atom stereocenters. The smallest absolute Gasteiger partial charge is 0.239 e. The van der Waals surface area contributed by atoms with E-state index in [1.165, 1.54) is 0 Å². The summed E-state index contributed by atoms with van der Waals surface area (Å²) < 4.78 is 60.9. The molecule has 84 valence electrons. The molecule has 0 amide bonds. The summed E-state index contributed by atoms with van der Waals surface area (Å²) in [5, 5.41) is -1.40. The van der Waals surface area contributed by atoms with Gasteiger partial charge in [-0.25, -0.2) is 13.8 Å². The van der Waals surface area contributed by atoms with Gasteiger partial charge in [-0.2, -0.15) is 13.2 Å². The summed E-state index contributed by atoms with van der Waals surface area (Å²) in [6.45, 7) is 0. The Bertz CT molecular complexity index is 376. The first-order chi connectivity index (χ1) is 6.73. The normalized spacial score (nSPS) is 12.3. The predicted octanol–water partition coefficient (Wildman–Crippen LogP) is 4.34. The third-order valence-corrected chi connectivity index (χ3v) is 2.02. The van der Waals surface area contributed by atoms with Crippen molar-refractivity contribution in [2.24, 2.45) is 0 Å². The van der Waals surface area contributed by atoms with Gasteiger partial charge in [0.1, 0.15) is 5.69 Å². The van der Waals surface area contributed by atoms with E-state index in [0.29, 0.717) is 6.07 Å². The largest absolute Gasteiger partial charge is 0.434 e. The Morgan fingerprint density at radius 2 is 1.67 bits per heavy atom. The van der Waals surface area contributed by atoms with E-state index in [2.05, 4.69) is 4.98 Å². The third-order valence-electron chi connectivity index (χ3n) is 1.43. The highest BCUT2D eigenvalue weighted by Crippen LogP contribution is 2.37. The van der Waals surface area contributed by atoms with E-state index in [1.807, 2.05) is 0 Å². The lowest BCUT2D eigenvalue weighted by molar-refractivity contribution is -0.141. The Balaban J connectivity index is 3.37. The Hall–Kier alpha value is -0.620. The van der Waals surface area contributed by atoms with Crippen molar-refractivity contribution in [2.75, 3.05) is 0 Å². The fourth-order valence-electron chi connectivity index (χ4n) is 0.833. The summed E-state index contributed by atoms with van der Waals surface area (Å²) in [6, 6.07) is 0.598. The average Bonchev–Trinajstić information content (AvgIpc) is 2.00. The Labute approximate surface area is 90.8 Å². The lowest BCUT2D eigenvalue weighted by Crippen LogP contribution is -2.11. The van der Waals surface area contributed by atoms with E-state index in [-0.39, 0.29) is 0 Å². The van der Waals surface area contributed by atoms with Crippen molar-refractivity contribution in [1.82, 2.24) is 4.98 Å². The summed E-state index contributed by atoms with van der Waals surface area (Å²) >= 11 is 10.4. The number of nitrogens with zero attached hydrogens (tertiary/aromatic N) is 1. The van der Waals surface area contributed by atoms with Crippen molar-refractivity contribution in [2.45, 2.75) is 12.6 Å². The zero-order valence-electron chi connectivity index (χ0n) is 6.75. The zero-order valence-corrected chi connectivity index (χ0v) is 8.26. The van der Waals surface area contributed by atoms with Crippen molar-refractivity contribution >= 4 is 23.2 Å². The van der Waals surface area contributed by atoms with Gasteiger partial charge >= 0.3 is 6.18 Å². The zero-order chi connectivity index (χ0) is 11.8. The van der Waals surface area contributed by atoms with Crippen molar-refractivity contribution in [3.05, 3.63) is 27.5 Å². The summed E-state index contributed by atoms with van der Waals surface area (Å²) in [6.07, 6.45) is -8.07. The summed E-state index contributed by atoms with van der Waals surface area (Å²) in [4.78, 5) is 2.70. The molecule has 1 nitrogen and oxygen atoms in total. The number of hydrogen-bond donors (Lipinski definition) is 0. The quantitative estimate of drug-likeness (QED) is 0.689. The standard InChI is InChI=1S/C7H2Cl2F5N/c8-2-1-3(9)5(7(12,13)14)15-4(2)6(10)11/h1,6H. The van der Waals surface area contributed by atoms with E-state index in [0.717, 1.165) is 0 Å². The van der Waals surface area contributed by atoms with Crippen LogP contribution < -0.4 is 0 Å². The molecule has 1 heterocycles. The maximum atomic E-state index is 12.2. The Kier molecular flexibility index (Phi) is 3.40. The number of pyridine rings is 1. The van der Waals surface area contributed by atoms with Crippen LogP contribution in [-0.2, 0) is 6.18 Å². The Morgan fingerprint density at radius 1 is 1.13 bits per heavy atom. The van der Waals surface area contributed by atoms with Gasteiger partial charge in [-0.05, 0) is 6.07 Å². The van der Waals surface area contributed by atoms with Crippen LogP contribution in [-0.4, -0.2) is 4.98 Å². The van der Waals surface area contributed by atoms with E-state index in [4.69, 9.17) is 23.2 Å². The van der Waals surface area contributed by atoms with Crippen molar-refractivity contribution in [1.29, 1.82) is 0 Å². The molecule has 0 aliphatic heterocycles. The minimum Gasteiger partial charge on any atom is -0.239 e. The van der Waals surface area contributed by atoms with E-state index >= 15 is 0 Å². The molecule has 0 bridgehead atoms. The second-order valence-electron chi connectivity index (χ2n) is 2.48. The minimum atomic E-state index is -4.88. The second kappa shape index (κ2) is 4.09. The molecule has 15 heavy (non-hydrogen) atoms. The van der Waals surface area contributed by atoms with E-state index in [1.54, 1.807) is 0 Å². The van der Waals surface area contributed by atoms with Crippen LogP contribution in [0, 0.1) is 0 Å². The first-order valence-corrected chi connectivity index (χ1v) is 4.20. The molecule has 0 unspecified atom stereocenters. The highest BCUT2D eigenvalue weighted by Gasteiger charge is 2.36. The summed E-state index contributed by atoms with van der Waals surface area (Å²) in [5.41, 5.74) is -2.70. The molecule has 0 aliphatic rings. The molecule has 0 radical (unpaired) electrons. The SMILES string of the molecule is FC(F)c1nc(C(F)(F)F)c(Cl)cc1Cl. The van der Waals surface area contributed by atoms with Gasteiger partial charge in [0.25, 0.3) is 6.43 Å². The van der Waals surface area contributed by atoms with Gasteiger partial charge in [0.05, 0.1) is 10.0 Å². The van der Waals surface area contributed by atoms with Gasteiger partial charge in [-0.3, -0.25) is 0 Å². The highest BCUT2D eigenvalue weighted by molar-refractivity contribution is 6.35. The van der Waals surface area contributed by atoms with Crippen molar-refractivity contribution < 1.29 is 22.0 Å². The van der Waals surface area contributed by atoms with Crippen molar-refractivity contribution in [3.63, 3.8) is 0 Å². The number of halogens is 7. The first-order valence-electron chi connectivity index (χ1n) is 3.44. The molecule has 1 rings (SSSR count). The van der Waals surface area contributed by atoms with Crippen LogP contribution in [0.1, 0.15) is 17.8 Å². The van der Waals surface area contributed by atoms with Crippen LogP contribution in [0.2, 0.25) is 10.0 Å². The van der Waals surface area contributed by atoms with Crippen LogP contribution in [0.25, 0.3) is 0 Å². The minimum absolute atomic E-state index is 0.594. The predicted molar refractivity (Wildman–Crippen MR) is 44.2 cm³/mol. The fraction of sp³-hybridized carbons (Fsp3) is 0.286. The molecule has 8 heteroatoms. The van der Waals surface area contributed by atoms with Crippen LogP contribution in [0.5, 0.6) is 0 Å². The van der Waals surface area contributed by atoms with Gasteiger partial charge in [0.2, 0.25) is 0 Å². The van der Waals surface area contributed by atoms with Gasteiger partial charge in [-0.15, -0.1) is 0 Å². The molecule has 0 spiro atoms. The van der Waals surface area contributed by atoms with Gasteiger partial charge in [0, 0.05) is 0 Å². The highest BCUT2D eigenvalue weighted by atomic mass is 35.5. The van der Waals surface area contributed by atoms with Gasteiger partial charge in [-0.1, -0.05) is 23.2 Å². The third kappa shape index (κ3) is 2.69. The van der Waals surface area contributed by atoms with E-state index in [9.17, 15) is 22.0 Å². The molecular formula is C7H2Cl2F5N. The number of aromatic nitrogens is 1. The van der Waals surface area contributed by atoms with Crippen LogP contribution >= 0.6 is 23.2 Å². The monoisotopic (exact) mass is 265 g/mol. The second-order valence-corrected chi connectivity index (χ2v) is 3.30. The molecular weight excluding hydrogens is 264 g/mol. The van der Waals surface area contributed by atoms with Gasteiger partial charge < -0.3 is 0 Å².